The number of para-hydroxylation sites is 1. The van der Waals surface area contributed by atoms with Crippen molar-refractivity contribution in [1.29, 1.82) is 0 Å². The van der Waals surface area contributed by atoms with Crippen LogP contribution in [0.15, 0.2) is 35.1 Å². The molecule has 0 saturated heterocycles. The van der Waals surface area contributed by atoms with Crippen LogP contribution >= 0.6 is 11.3 Å². The number of H-pyrrole nitrogens is 1. The molecule has 2 aromatic heterocycles. The van der Waals surface area contributed by atoms with E-state index in [1.807, 2.05) is 37.3 Å². The first-order valence-electron chi connectivity index (χ1n) is 10.2. The smallest absolute Gasteiger partial charge is 0.341 e. The van der Waals surface area contributed by atoms with Gasteiger partial charge in [0.2, 0.25) is 0 Å². The molecule has 0 radical (unpaired) electrons. The lowest BCUT2D eigenvalue weighted by molar-refractivity contribution is 0.0527. The number of carbonyl (C=O) groups is 1. The second-order valence-electron chi connectivity index (χ2n) is 7.26. The Labute approximate surface area is 178 Å². The summed E-state index contributed by atoms with van der Waals surface area (Å²) in [6.45, 7) is 6.11. The highest BCUT2D eigenvalue weighted by atomic mass is 32.1. The van der Waals surface area contributed by atoms with Crippen LogP contribution in [0.5, 0.6) is 0 Å². The van der Waals surface area contributed by atoms with E-state index in [-0.39, 0.29) is 11.5 Å². The van der Waals surface area contributed by atoms with Crippen LogP contribution in [-0.2, 0) is 17.6 Å². The number of benzene rings is 1. The van der Waals surface area contributed by atoms with Gasteiger partial charge in [-0.05, 0) is 50.3 Å². The Kier molecular flexibility index (Phi) is 5.90. The number of rotatable bonds is 5. The topological polar surface area (TPSA) is 76.1 Å². The summed E-state index contributed by atoms with van der Waals surface area (Å²) in [6.07, 6.45) is 6.86. The molecular weight excluding hydrogens is 398 g/mol. The van der Waals surface area contributed by atoms with Gasteiger partial charge in [-0.25, -0.2) is 9.48 Å². The Morgan fingerprint density at radius 3 is 2.80 bits per heavy atom. The average molecular weight is 424 g/mol. The lowest BCUT2D eigenvalue weighted by atomic mass is 10.1. The number of nitrogens with zero attached hydrogens (tertiary/aromatic N) is 1. The summed E-state index contributed by atoms with van der Waals surface area (Å²) in [5.41, 5.74) is 2.24. The molecule has 1 aliphatic rings. The summed E-state index contributed by atoms with van der Waals surface area (Å²) in [6, 6.07) is 9.34. The zero-order valence-corrected chi connectivity index (χ0v) is 17.8. The Morgan fingerprint density at radius 1 is 1.27 bits per heavy atom. The molecule has 0 aliphatic heterocycles. The van der Waals surface area contributed by atoms with Gasteiger partial charge >= 0.3 is 5.97 Å². The molecular formula is C23H25N3O3S. The third kappa shape index (κ3) is 3.85. The quantitative estimate of drug-likeness (QED) is 0.489. The van der Waals surface area contributed by atoms with Crippen molar-refractivity contribution < 1.29 is 9.53 Å². The van der Waals surface area contributed by atoms with Gasteiger partial charge in [0.1, 0.15) is 5.00 Å². The van der Waals surface area contributed by atoms with Crippen molar-refractivity contribution in [2.24, 2.45) is 0 Å². The Morgan fingerprint density at radius 2 is 2.03 bits per heavy atom. The average Bonchev–Trinajstić information content (AvgIpc) is 3.13. The summed E-state index contributed by atoms with van der Waals surface area (Å²) in [4.78, 5) is 26.8. The number of nitrogens with one attached hydrogen (secondary N) is 2. The predicted molar refractivity (Wildman–Crippen MR) is 121 cm³/mol. The Hall–Kier alpha value is -3.06. The van der Waals surface area contributed by atoms with E-state index in [4.69, 9.17) is 4.74 Å². The van der Waals surface area contributed by atoms with Gasteiger partial charge in [-0.1, -0.05) is 31.2 Å². The van der Waals surface area contributed by atoms with Crippen LogP contribution in [0.2, 0.25) is 0 Å². The molecule has 1 aliphatic carbocycles. The number of aromatic nitrogens is 2. The van der Waals surface area contributed by atoms with Gasteiger partial charge in [-0.15, -0.1) is 11.3 Å². The first-order chi connectivity index (χ1) is 14.6. The van der Waals surface area contributed by atoms with Crippen molar-refractivity contribution in [3.63, 3.8) is 0 Å². The highest BCUT2D eigenvalue weighted by Crippen LogP contribution is 2.38. The summed E-state index contributed by atoms with van der Waals surface area (Å²) < 4.78 is 6.79. The molecule has 0 unspecified atom stereocenters. The number of esters is 1. The number of carbonyl (C=O) groups excluding carboxylic acids is 1. The molecule has 0 saturated carbocycles. The van der Waals surface area contributed by atoms with Crippen molar-refractivity contribution in [3.05, 3.63) is 67.3 Å². The molecule has 1 aromatic carbocycles. The number of aryl methyl sites for hydroxylation is 1. The minimum atomic E-state index is -0.307. The molecule has 0 bridgehead atoms. The van der Waals surface area contributed by atoms with Gasteiger partial charge in [-0.2, -0.15) is 0 Å². The van der Waals surface area contributed by atoms with E-state index in [0.717, 1.165) is 41.9 Å². The monoisotopic (exact) mass is 423 g/mol. The molecule has 0 fully saturated rings. The van der Waals surface area contributed by atoms with Crippen LogP contribution in [-0.4, -0.2) is 22.4 Å². The molecule has 2 N–H and O–H groups in total. The molecule has 0 atom stereocenters. The molecule has 30 heavy (non-hydrogen) atoms. The minimum Gasteiger partial charge on any atom is -0.462 e. The van der Waals surface area contributed by atoms with Gasteiger partial charge in [0.25, 0.3) is 5.56 Å². The third-order valence-electron chi connectivity index (χ3n) is 5.27. The predicted octanol–water partition coefficient (Wildman–Crippen LogP) is 2.93. The maximum atomic E-state index is 12.9. The van der Waals surface area contributed by atoms with E-state index >= 15 is 0 Å². The van der Waals surface area contributed by atoms with Crippen LogP contribution in [0.4, 0.5) is 5.00 Å². The standard InChI is InChI=1S/C23H25N3O3S/c1-3-29-23(28)20-17-12-8-5-9-13-19(17)30-21(20)24-14-18-15(2)25-26(22(18)27)16-10-6-4-7-11-16/h4,6-7,10-11,14,24-25H,2-3,5,8-9,12-13H2,1H3/b18-14-. The zero-order chi connectivity index (χ0) is 21.1. The molecule has 4 rings (SSSR count). The Balaban J connectivity index is 1.75. The molecule has 7 heteroatoms. The molecule has 0 spiro atoms. The van der Waals surface area contributed by atoms with E-state index in [0.29, 0.717) is 22.7 Å². The van der Waals surface area contributed by atoms with Gasteiger partial charge in [-0.3, -0.25) is 9.89 Å². The van der Waals surface area contributed by atoms with Crippen molar-refractivity contribution in [2.45, 2.75) is 39.0 Å². The summed E-state index contributed by atoms with van der Waals surface area (Å²) in [7, 11) is 0. The number of hydrogen-bond donors (Lipinski definition) is 2. The van der Waals surface area contributed by atoms with E-state index in [1.165, 1.54) is 16.0 Å². The summed E-state index contributed by atoms with van der Waals surface area (Å²) in [5, 5.41) is 7.89. The van der Waals surface area contributed by atoms with E-state index < -0.39 is 0 Å². The van der Waals surface area contributed by atoms with Gasteiger partial charge < -0.3 is 10.1 Å². The van der Waals surface area contributed by atoms with Gasteiger partial charge in [0, 0.05) is 11.1 Å². The maximum Gasteiger partial charge on any atom is 0.341 e. The SMILES string of the molecule is C=c1[nH]n(-c2ccccc2)c(=O)/c1=C\Nc1sc2c(c1C(=O)OCC)CCCCC2. The number of anilines is 1. The molecule has 3 aromatic rings. The number of hydrogen-bond acceptors (Lipinski definition) is 5. The van der Waals surface area contributed by atoms with Crippen LogP contribution in [0.3, 0.4) is 0 Å². The lowest BCUT2D eigenvalue weighted by Gasteiger charge is -2.06. The fourth-order valence-electron chi connectivity index (χ4n) is 3.80. The zero-order valence-electron chi connectivity index (χ0n) is 17.0. The van der Waals surface area contributed by atoms with Crippen molar-refractivity contribution in [1.82, 2.24) is 9.78 Å². The highest BCUT2D eigenvalue weighted by molar-refractivity contribution is 7.16. The summed E-state index contributed by atoms with van der Waals surface area (Å²) in [5.74, 6) is -0.307. The molecule has 6 nitrogen and oxygen atoms in total. The molecule has 0 amide bonds. The van der Waals surface area contributed by atoms with Crippen LogP contribution in [0.25, 0.3) is 18.5 Å². The van der Waals surface area contributed by atoms with Gasteiger partial charge in [0.15, 0.2) is 0 Å². The second kappa shape index (κ2) is 8.75. The van der Waals surface area contributed by atoms with E-state index in [1.54, 1.807) is 17.5 Å². The molecule has 2 heterocycles. The number of fused-ring (bicyclic) bond motifs is 1. The van der Waals surface area contributed by atoms with Crippen molar-refractivity contribution in [2.75, 3.05) is 11.9 Å². The number of thiophene rings is 1. The highest BCUT2D eigenvalue weighted by Gasteiger charge is 2.25. The maximum absolute atomic E-state index is 12.9. The Bertz CT molecular complexity index is 1220. The van der Waals surface area contributed by atoms with E-state index in [9.17, 15) is 9.59 Å². The van der Waals surface area contributed by atoms with Crippen molar-refractivity contribution in [3.8, 4) is 5.69 Å². The summed E-state index contributed by atoms with van der Waals surface area (Å²) >= 11 is 1.58. The van der Waals surface area contributed by atoms with Gasteiger partial charge in [0.05, 0.1) is 28.4 Å². The first kappa shape index (κ1) is 20.2. The van der Waals surface area contributed by atoms with E-state index in [2.05, 4.69) is 17.0 Å². The van der Waals surface area contributed by atoms with Crippen LogP contribution < -0.4 is 21.4 Å². The molecule has 156 valence electrons. The number of ether oxygens (including phenoxy) is 1. The second-order valence-corrected chi connectivity index (χ2v) is 8.36. The largest absolute Gasteiger partial charge is 0.462 e. The fraction of sp³-hybridized carbons (Fsp3) is 0.304. The number of aromatic amines is 1. The van der Waals surface area contributed by atoms with Crippen LogP contribution in [0, 0.1) is 0 Å². The fourth-order valence-corrected chi connectivity index (χ4v) is 5.05. The minimum absolute atomic E-state index is 0.200. The van der Waals surface area contributed by atoms with Crippen LogP contribution in [0.1, 0.15) is 47.0 Å². The third-order valence-corrected chi connectivity index (χ3v) is 6.49. The lowest BCUT2D eigenvalue weighted by Crippen LogP contribution is -2.34. The first-order valence-corrected chi connectivity index (χ1v) is 11.1. The van der Waals surface area contributed by atoms with Crippen molar-refractivity contribution >= 4 is 35.1 Å². The normalized spacial score (nSPS) is 14.2.